The van der Waals surface area contributed by atoms with Crippen LogP contribution in [0.3, 0.4) is 0 Å². The fourth-order valence-corrected chi connectivity index (χ4v) is 4.91. The minimum atomic E-state index is -0.479. The molecule has 0 bridgehead atoms. The number of hydrogen-bond acceptors (Lipinski definition) is 4. The van der Waals surface area contributed by atoms with Crippen molar-refractivity contribution in [1.82, 2.24) is 24.6 Å². The first-order chi connectivity index (χ1) is 16.2. The Kier molecular flexibility index (Phi) is 5.96. The van der Waals surface area contributed by atoms with Crippen molar-refractivity contribution in [2.75, 3.05) is 13.1 Å². The third-order valence-corrected chi connectivity index (χ3v) is 6.95. The average Bonchev–Trinajstić information content (AvgIpc) is 3.45. The monoisotopic (exact) mass is 485 g/mol. The van der Waals surface area contributed by atoms with Crippen molar-refractivity contribution in [2.45, 2.75) is 70.8 Å². The molecule has 1 aromatic carbocycles. The summed E-state index contributed by atoms with van der Waals surface area (Å²) in [5.41, 5.74) is 2.99. The van der Waals surface area contributed by atoms with Gasteiger partial charge in [-0.2, -0.15) is 4.68 Å². The number of imidazole rings is 1. The van der Waals surface area contributed by atoms with Crippen LogP contribution in [-0.4, -0.2) is 49.4 Å². The molecular weight excluding hydrogens is 454 g/mol. The number of nitrogens with one attached hydrogen (secondary N) is 2. The molecule has 8 nitrogen and oxygen atoms in total. The largest absolute Gasteiger partial charge is 0.444 e. The third kappa shape index (κ3) is 4.87. The molecule has 1 amide bonds. The molecular formula is C25H32ClN5O3. The van der Waals surface area contributed by atoms with E-state index in [2.05, 4.69) is 15.1 Å². The van der Waals surface area contributed by atoms with Gasteiger partial charge in [0.05, 0.1) is 11.0 Å². The molecule has 3 heterocycles. The third-order valence-electron chi connectivity index (χ3n) is 6.72. The van der Waals surface area contributed by atoms with Crippen LogP contribution in [0.5, 0.6) is 0 Å². The molecule has 2 fully saturated rings. The van der Waals surface area contributed by atoms with E-state index in [9.17, 15) is 9.59 Å². The predicted molar refractivity (Wildman–Crippen MR) is 132 cm³/mol. The number of amides is 1. The number of aromatic nitrogens is 4. The predicted octanol–water partition coefficient (Wildman–Crippen LogP) is 5.15. The van der Waals surface area contributed by atoms with E-state index in [0.717, 1.165) is 60.8 Å². The summed E-state index contributed by atoms with van der Waals surface area (Å²) in [6, 6.07) is 5.45. The lowest BCUT2D eigenvalue weighted by Gasteiger charge is -2.33. The first-order valence-corrected chi connectivity index (χ1v) is 12.5. The molecule has 1 saturated carbocycles. The molecule has 182 valence electrons. The van der Waals surface area contributed by atoms with Gasteiger partial charge in [-0.05, 0) is 83.4 Å². The van der Waals surface area contributed by atoms with Gasteiger partial charge in [-0.15, -0.1) is 0 Å². The van der Waals surface area contributed by atoms with E-state index in [1.807, 2.05) is 32.9 Å². The molecule has 2 aromatic heterocycles. The van der Waals surface area contributed by atoms with E-state index in [1.165, 1.54) is 0 Å². The average molecular weight is 486 g/mol. The summed E-state index contributed by atoms with van der Waals surface area (Å²) in [6.07, 6.45) is 5.51. The van der Waals surface area contributed by atoms with Crippen molar-refractivity contribution in [3.05, 3.63) is 44.8 Å². The maximum absolute atomic E-state index is 13.4. The van der Waals surface area contributed by atoms with Gasteiger partial charge in [-0.25, -0.2) is 9.78 Å². The molecule has 1 aliphatic carbocycles. The van der Waals surface area contributed by atoms with Crippen molar-refractivity contribution in [3.63, 3.8) is 0 Å². The summed E-state index contributed by atoms with van der Waals surface area (Å²) in [5.74, 6) is 1.40. The number of carbonyl (C=O) groups is 1. The summed E-state index contributed by atoms with van der Waals surface area (Å²) in [5, 5.41) is 3.97. The van der Waals surface area contributed by atoms with Crippen LogP contribution in [0.25, 0.3) is 17.0 Å². The molecule has 3 aromatic rings. The van der Waals surface area contributed by atoms with Crippen molar-refractivity contribution < 1.29 is 9.53 Å². The highest BCUT2D eigenvalue weighted by Gasteiger charge is 2.32. The fourth-order valence-electron chi connectivity index (χ4n) is 4.74. The highest BCUT2D eigenvalue weighted by molar-refractivity contribution is 6.31. The number of aromatic amines is 2. The van der Waals surface area contributed by atoms with Crippen molar-refractivity contribution >= 4 is 28.7 Å². The second kappa shape index (κ2) is 8.80. The van der Waals surface area contributed by atoms with Gasteiger partial charge in [0.2, 0.25) is 5.95 Å². The second-order valence-electron chi connectivity index (χ2n) is 10.6. The Balaban J connectivity index is 1.28. The summed E-state index contributed by atoms with van der Waals surface area (Å²) in [4.78, 5) is 35.3. The van der Waals surface area contributed by atoms with Gasteiger partial charge in [0, 0.05) is 35.3 Å². The molecule has 9 heteroatoms. The van der Waals surface area contributed by atoms with Crippen LogP contribution < -0.4 is 5.56 Å². The zero-order valence-corrected chi connectivity index (χ0v) is 20.7. The van der Waals surface area contributed by atoms with Gasteiger partial charge < -0.3 is 14.6 Å². The number of piperidine rings is 1. The molecule has 0 unspecified atom stereocenters. The summed E-state index contributed by atoms with van der Waals surface area (Å²) < 4.78 is 7.05. The standard InChI is InChI=1S/C25H32ClN5O3/c1-25(2,3)34-24(33)30-12-10-15(11-13-30)4-8-18-21(16-5-6-16)29-31(22(18)32)23-27-19-9-7-17(26)14-20(19)28-23/h7,9,14-16,29H,4-6,8,10-13H2,1-3H3,(H,27,28). The number of benzene rings is 1. The number of carbonyl (C=O) groups excluding carboxylic acids is 1. The quantitative estimate of drug-likeness (QED) is 0.522. The normalized spacial score (nSPS) is 17.5. The first-order valence-electron chi connectivity index (χ1n) is 12.2. The van der Waals surface area contributed by atoms with Crippen LogP contribution >= 0.6 is 11.6 Å². The Hall–Kier alpha value is -2.74. The highest BCUT2D eigenvalue weighted by Crippen LogP contribution is 2.40. The van der Waals surface area contributed by atoms with Crippen LogP contribution in [0.1, 0.15) is 70.1 Å². The molecule has 2 aliphatic rings. The SMILES string of the molecule is CC(C)(C)OC(=O)N1CCC(CCc2c(C3CC3)[nH]n(-c3nc4ccc(Cl)cc4[nH]3)c2=O)CC1. The van der Waals surface area contributed by atoms with E-state index in [-0.39, 0.29) is 11.7 Å². The summed E-state index contributed by atoms with van der Waals surface area (Å²) in [7, 11) is 0. The topological polar surface area (TPSA) is 96.0 Å². The van der Waals surface area contributed by atoms with Crippen molar-refractivity contribution in [3.8, 4) is 5.95 Å². The highest BCUT2D eigenvalue weighted by atomic mass is 35.5. The molecule has 34 heavy (non-hydrogen) atoms. The number of nitrogens with zero attached hydrogens (tertiary/aromatic N) is 3. The molecule has 5 rings (SSSR count). The van der Waals surface area contributed by atoms with Crippen LogP contribution in [-0.2, 0) is 11.2 Å². The molecule has 1 saturated heterocycles. The minimum absolute atomic E-state index is 0.0294. The Morgan fingerprint density at radius 1 is 1.21 bits per heavy atom. The zero-order chi connectivity index (χ0) is 24.0. The van der Waals surface area contributed by atoms with Gasteiger partial charge in [-0.3, -0.25) is 9.89 Å². The van der Waals surface area contributed by atoms with Gasteiger partial charge in [0.1, 0.15) is 5.60 Å². The van der Waals surface area contributed by atoms with E-state index in [0.29, 0.717) is 35.9 Å². The molecule has 0 atom stereocenters. The number of fused-ring (bicyclic) bond motifs is 1. The molecule has 0 radical (unpaired) electrons. The van der Waals surface area contributed by atoms with Gasteiger partial charge >= 0.3 is 6.09 Å². The smallest absolute Gasteiger partial charge is 0.410 e. The number of likely N-dealkylation sites (tertiary alicyclic amines) is 1. The Bertz CT molecular complexity index is 1260. The van der Waals surface area contributed by atoms with Gasteiger partial charge in [0.15, 0.2) is 0 Å². The molecule has 2 N–H and O–H groups in total. The van der Waals surface area contributed by atoms with Gasteiger partial charge in [0.25, 0.3) is 5.56 Å². The fraction of sp³-hybridized carbons (Fsp3) is 0.560. The number of ether oxygens (including phenoxy) is 1. The Morgan fingerprint density at radius 3 is 2.62 bits per heavy atom. The summed E-state index contributed by atoms with van der Waals surface area (Å²) in [6.45, 7) is 7.07. The van der Waals surface area contributed by atoms with Crippen LogP contribution in [0.4, 0.5) is 4.79 Å². The molecule has 1 aliphatic heterocycles. The first kappa shape index (κ1) is 23.0. The van der Waals surface area contributed by atoms with Crippen LogP contribution in [0.15, 0.2) is 23.0 Å². The number of hydrogen-bond donors (Lipinski definition) is 2. The lowest BCUT2D eigenvalue weighted by atomic mass is 9.90. The Morgan fingerprint density at radius 2 is 1.94 bits per heavy atom. The number of rotatable bonds is 5. The lowest BCUT2D eigenvalue weighted by Crippen LogP contribution is -2.41. The van der Waals surface area contributed by atoms with E-state index < -0.39 is 5.60 Å². The van der Waals surface area contributed by atoms with Crippen molar-refractivity contribution in [2.24, 2.45) is 5.92 Å². The van der Waals surface area contributed by atoms with Crippen LogP contribution in [0, 0.1) is 5.92 Å². The second-order valence-corrected chi connectivity index (χ2v) is 11.0. The van der Waals surface area contributed by atoms with E-state index in [4.69, 9.17) is 16.3 Å². The minimum Gasteiger partial charge on any atom is -0.444 e. The van der Waals surface area contributed by atoms with E-state index in [1.54, 1.807) is 15.6 Å². The maximum Gasteiger partial charge on any atom is 0.410 e. The maximum atomic E-state index is 13.4. The van der Waals surface area contributed by atoms with Gasteiger partial charge in [-0.1, -0.05) is 11.6 Å². The van der Waals surface area contributed by atoms with Crippen LogP contribution in [0.2, 0.25) is 5.02 Å². The Labute approximate surface area is 203 Å². The molecule has 0 spiro atoms. The zero-order valence-electron chi connectivity index (χ0n) is 20.0. The van der Waals surface area contributed by atoms with Crippen molar-refractivity contribution in [1.29, 1.82) is 0 Å². The van der Waals surface area contributed by atoms with E-state index >= 15 is 0 Å². The number of H-pyrrole nitrogens is 2. The lowest BCUT2D eigenvalue weighted by molar-refractivity contribution is 0.0181. The number of halogens is 1. The summed E-state index contributed by atoms with van der Waals surface area (Å²) >= 11 is 6.10.